The van der Waals surface area contributed by atoms with Crippen LogP contribution in [0.2, 0.25) is 0 Å². The first kappa shape index (κ1) is 22.2. The SMILES string of the molecule is COc1ccc(OC)c(S(=O)(=O)N2CCN(C(=O)Cn3c(C)cc4ccccc43)CC2)c1. The summed E-state index contributed by atoms with van der Waals surface area (Å²) < 4.78 is 40.3. The van der Waals surface area contributed by atoms with Crippen molar-refractivity contribution in [3.8, 4) is 11.5 Å². The fraction of sp³-hybridized carbons (Fsp3) is 0.348. The molecule has 1 fully saturated rings. The van der Waals surface area contributed by atoms with Gasteiger partial charge in [-0.1, -0.05) is 18.2 Å². The Balaban J connectivity index is 1.47. The maximum Gasteiger partial charge on any atom is 0.247 e. The molecule has 1 aromatic heterocycles. The lowest BCUT2D eigenvalue weighted by Crippen LogP contribution is -2.51. The standard InChI is InChI=1S/C23H27N3O5S/c1-17-14-18-6-4-5-7-20(18)26(17)16-23(27)24-10-12-25(13-11-24)32(28,29)22-15-19(30-2)8-9-21(22)31-3/h4-9,14-15H,10-13,16H2,1-3H3. The summed E-state index contributed by atoms with van der Waals surface area (Å²) >= 11 is 0. The number of hydrogen-bond donors (Lipinski definition) is 0. The summed E-state index contributed by atoms with van der Waals surface area (Å²) in [5, 5.41) is 1.10. The first-order valence-electron chi connectivity index (χ1n) is 10.4. The maximum atomic E-state index is 13.2. The van der Waals surface area contributed by atoms with Crippen molar-refractivity contribution in [3.05, 3.63) is 54.2 Å². The van der Waals surface area contributed by atoms with E-state index in [9.17, 15) is 13.2 Å². The predicted octanol–water partition coefficient (Wildman–Crippen LogP) is 2.50. The van der Waals surface area contributed by atoms with E-state index in [1.54, 1.807) is 17.0 Å². The number of ether oxygens (including phenoxy) is 2. The van der Waals surface area contributed by atoms with E-state index >= 15 is 0 Å². The lowest BCUT2D eigenvalue weighted by atomic mass is 10.2. The molecule has 4 rings (SSSR count). The lowest BCUT2D eigenvalue weighted by molar-refractivity contribution is -0.133. The third-order valence-electron chi connectivity index (χ3n) is 5.89. The Morgan fingerprint density at radius 2 is 1.69 bits per heavy atom. The van der Waals surface area contributed by atoms with Crippen molar-refractivity contribution >= 4 is 26.8 Å². The van der Waals surface area contributed by atoms with E-state index in [1.165, 1.54) is 24.6 Å². The third kappa shape index (κ3) is 4.05. The highest BCUT2D eigenvalue weighted by atomic mass is 32.2. The molecule has 32 heavy (non-hydrogen) atoms. The van der Waals surface area contributed by atoms with E-state index in [1.807, 2.05) is 35.8 Å². The zero-order valence-corrected chi connectivity index (χ0v) is 19.3. The molecule has 0 bridgehead atoms. The first-order chi connectivity index (χ1) is 15.3. The fourth-order valence-electron chi connectivity index (χ4n) is 4.10. The summed E-state index contributed by atoms with van der Waals surface area (Å²) in [6, 6.07) is 14.7. The van der Waals surface area contributed by atoms with Crippen LogP contribution in [0.5, 0.6) is 11.5 Å². The Labute approximate surface area is 188 Å². The maximum absolute atomic E-state index is 13.2. The molecule has 0 unspecified atom stereocenters. The van der Waals surface area contributed by atoms with Crippen LogP contribution < -0.4 is 9.47 Å². The Morgan fingerprint density at radius 1 is 0.969 bits per heavy atom. The smallest absolute Gasteiger partial charge is 0.247 e. The number of amides is 1. The highest BCUT2D eigenvalue weighted by Gasteiger charge is 2.32. The zero-order chi connectivity index (χ0) is 22.9. The Bertz CT molecular complexity index is 1240. The van der Waals surface area contributed by atoms with Crippen LogP contribution in [0, 0.1) is 6.92 Å². The largest absolute Gasteiger partial charge is 0.497 e. The van der Waals surface area contributed by atoms with Crippen molar-refractivity contribution in [2.75, 3.05) is 40.4 Å². The molecule has 0 atom stereocenters. The number of carbonyl (C=O) groups is 1. The van der Waals surface area contributed by atoms with E-state index in [0.717, 1.165) is 16.6 Å². The summed E-state index contributed by atoms with van der Waals surface area (Å²) in [6.45, 7) is 3.33. The summed E-state index contributed by atoms with van der Waals surface area (Å²) in [7, 11) is -0.868. The quantitative estimate of drug-likeness (QED) is 0.568. The summed E-state index contributed by atoms with van der Waals surface area (Å²) in [4.78, 5) is 14.8. The Hall–Kier alpha value is -3.04. The second-order valence-corrected chi connectivity index (χ2v) is 9.64. The normalized spacial score (nSPS) is 15.2. The zero-order valence-electron chi connectivity index (χ0n) is 18.4. The van der Waals surface area contributed by atoms with Crippen LogP contribution in [0.3, 0.4) is 0 Å². The van der Waals surface area contributed by atoms with Gasteiger partial charge in [-0.3, -0.25) is 4.79 Å². The minimum atomic E-state index is -3.79. The molecule has 9 heteroatoms. The Morgan fingerprint density at radius 3 is 2.38 bits per heavy atom. The van der Waals surface area contributed by atoms with Gasteiger partial charge in [-0.15, -0.1) is 0 Å². The molecule has 1 aliphatic rings. The average molecular weight is 458 g/mol. The van der Waals surface area contributed by atoms with Gasteiger partial charge in [0.15, 0.2) is 0 Å². The van der Waals surface area contributed by atoms with Gasteiger partial charge in [0.1, 0.15) is 22.9 Å². The van der Waals surface area contributed by atoms with Crippen molar-refractivity contribution < 1.29 is 22.7 Å². The van der Waals surface area contributed by atoms with Gasteiger partial charge in [0, 0.05) is 43.5 Å². The average Bonchev–Trinajstić information content (AvgIpc) is 3.13. The van der Waals surface area contributed by atoms with E-state index in [4.69, 9.17) is 9.47 Å². The predicted molar refractivity (Wildman–Crippen MR) is 122 cm³/mol. The van der Waals surface area contributed by atoms with Crippen molar-refractivity contribution in [3.63, 3.8) is 0 Å². The van der Waals surface area contributed by atoms with Crippen molar-refractivity contribution in [2.24, 2.45) is 0 Å². The number of sulfonamides is 1. The fourth-order valence-corrected chi connectivity index (χ4v) is 5.69. The third-order valence-corrected chi connectivity index (χ3v) is 7.81. The molecule has 0 saturated carbocycles. The van der Waals surface area contributed by atoms with Gasteiger partial charge >= 0.3 is 0 Å². The van der Waals surface area contributed by atoms with Crippen LogP contribution in [-0.2, 0) is 21.4 Å². The van der Waals surface area contributed by atoms with Crippen LogP contribution >= 0.6 is 0 Å². The summed E-state index contributed by atoms with van der Waals surface area (Å²) in [5.41, 5.74) is 2.04. The van der Waals surface area contributed by atoms with Gasteiger partial charge in [-0.2, -0.15) is 4.31 Å². The molecule has 0 radical (unpaired) electrons. The van der Waals surface area contributed by atoms with Crippen LogP contribution in [0.15, 0.2) is 53.4 Å². The van der Waals surface area contributed by atoms with Crippen molar-refractivity contribution in [1.29, 1.82) is 0 Å². The van der Waals surface area contributed by atoms with Crippen molar-refractivity contribution in [2.45, 2.75) is 18.4 Å². The molecule has 1 saturated heterocycles. The topological polar surface area (TPSA) is 81.1 Å². The van der Waals surface area contributed by atoms with Crippen LogP contribution in [0.4, 0.5) is 0 Å². The molecule has 0 N–H and O–H groups in total. The van der Waals surface area contributed by atoms with Crippen LogP contribution in [0.1, 0.15) is 5.69 Å². The number of fused-ring (bicyclic) bond motifs is 1. The molecular formula is C23H27N3O5S. The minimum absolute atomic E-state index is 0.0227. The molecule has 2 aromatic carbocycles. The van der Waals surface area contributed by atoms with Gasteiger partial charge in [0.25, 0.3) is 0 Å². The number of aromatic nitrogens is 1. The van der Waals surface area contributed by atoms with Gasteiger partial charge in [0.05, 0.1) is 14.2 Å². The molecule has 3 aromatic rings. The van der Waals surface area contributed by atoms with Crippen LogP contribution in [-0.4, -0.2) is 68.5 Å². The molecule has 8 nitrogen and oxygen atoms in total. The first-order valence-corrected chi connectivity index (χ1v) is 11.8. The van der Waals surface area contributed by atoms with E-state index < -0.39 is 10.0 Å². The molecule has 0 aliphatic carbocycles. The second kappa shape index (κ2) is 8.84. The number of aryl methyl sites for hydroxylation is 1. The van der Waals surface area contributed by atoms with Gasteiger partial charge in [-0.25, -0.2) is 8.42 Å². The number of methoxy groups -OCH3 is 2. The molecule has 2 heterocycles. The molecular weight excluding hydrogens is 430 g/mol. The van der Waals surface area contributed by atoms with E-state index in [-0.39, 0.29) is 36.2 Å². The number of rotatable bonds is 6. The number of piperazine rings is 1. The molecule has 170 valence electrons. The second-order valence-electron chi connectivity index (χ2n) is 7.73. The van der Waals surface area contributed by atoms with Crippen molar-refractivity contribution in [1.82, 2.24) is 13.8 Å². The lowest BCUT2D eigenvalue weighted by Gasteiger charge is -2.34. The molecule has 0 spiro atoms. The highest BCUT2D eigenvalue weighted by molar-refractivity contribution is 7.89. The number of benzene rings is 2. The summed E-state index contributed by atoms with van der Waals surface area (Å²) in [6.07, 6.45) is 0. The van der Waals surface area contributed by atoms with Crippen LogP contribution in [0.25, 0.3) is 10.9 Å². The Kier molecular flexibility index (Phi) is 6.12. The molecule has 1 aliphatic heterocycles. The highest BCUT2D eigenvalue weighted by Crippen LogP contribution is 2.31. The van der Waals surface area contributed by atoms with Gasteiger partial charge in [-0.05, 0) is 36.6 Å². The number of carbonyl (C=O) groups excluding carboxylic acids is 1. The molecule has 1 amide bonds. The van der Waals surface area contributed by atoms with E-state index in [2.05, 4.69) is 6.07 Å². The van der Waals surface area contributed by atoms with E-state index in [0.29, 0.717) is 18.8 Å². The summed E-state index contributed by atoms with van der Waals surface area (Å²) in [5.74, 6) is 0.678. The number of hydrogen-bond acceptors (Lipinski definition) is 5. The number of para-hydroxylation sites is 1. The van der Waals surface area contributed by atoms with Gasteiger partial charge in [0.2, 0.25) is 15.9 Å². The van der Waals surface area contributed by atoms with Gasteiger partial charge < -0.3 is 18.9 Å². The number of nitrogens with zero attached hydrogens (tertiary/aromatic N) is 3. The minimum Gasteiger partial charge on any atom is -0.497 e. The monoisotopic (exact) mass is 457 g/mol.